The van der Waals surface area contributed by atoms with Crippen molar-refractivity contribution in [3.05, 3.63) is 12.7 Å². The van der Waals surface area contributed by atoms with Crippen LogP contribution in [-0.4, -0.2) is 41.1 Å². The average Bonchev–Trinajstić information content (AvgIpc) is 3.04. The molecule has 0 aliphatic carbocycles. The van der Waals surface area contributed by atoms with Gasteiger partial charge in [-0.2, -0.15) is 4.98 Å². The molecule has 2 atom stereocenters. The van der Waals surface area contributed by atoms with E-state index in [0.717, 1.165) is 12.1 Å². The molecule has 0 radical (unpaired) electrons. The Kier molecular flexibility index (Phi) is 7.62. The van der Waals surface area contributed by atoms with Gasteiger partial charge in [0.05, 0.1) is 25.6 Å². The van der Waals surface area contributed by atoms with Gasteiger partial charge in [-0.1, -0.05) is 53.4 Å². The summed E-state index contributed by atoms with van der Waals surface area (Å²) in [6.07, 6.45) is 9.47. The van der Waals surface area contributed by atoms with Crippen LogP contribution in [0.25, 0.3) is 11.2 Å². The van der Waals surface area contributed by atoms with Gasteiger partial charge >= 0.3 is 0 Å². The SMILES string of the molecule is CCCCCC[C@H]([C@H](C)O[Si](C)(C)C(C)(C)C)n1cnc2c(OC)ncnc21. The van der Waals surface area contributed by atoms with Crippen molar-refractivity contribution in [1.29, 1.82) is 0 Å². The van der Waals surface area contributed by atoms with E-state index in [1.807, 2.05) is 6.33 Å². The highest BCUT2D eigenvalue weighted by Crippen LogP contribution is 2.39. The quantitative estimate of drug-likeness (QED) is 0.371. The predicted octanol–water partition coefficient (Wildman–Crippen LogP) is 5.76. The second-order valence-corrected chi connectivity index (χ2v) is 14.0. The van der Waals surface area contributed by atoms with E-state index in [-0.39, 0.29) is 17.2 Å². The fourth-order valence-corrected chi connectivity index (χ4v) is 4.76. The van der Waals surface area contributed by atoms with Gasteiger partial charge in [0.25, 0.3) is 0 Å². The summed E-state index contributed by atoms with van der Waals surface area (Å²) in [5.41, 5.74) is 1.53. The van der Waals surface area contributed by atoms with Crippen molar-refractivity contribution >= 4 is 19.5 Å². The summed E-state index contributed by atoms with van der Waals surface area (Å²) in [5, 5.41) is 0.177. The van der Waals surface area contributed by atoms with Crippen LogP contribution in [0.4, 0.5) is 0 Å². The van der Waals surface area contributed by atoms with Crippen molar-refractivity contribution in [1.82, 2.24) is 19.5 Å². The van der Waals surface area contributed by atoms with Crippen molar-refractivity contribution in [2.24, 2.45) is 0 Å². The van der Waals surface area contributed by atoms with Gasteiger partial charge in [0, 0.05) is 0 Å². The van der Waals surface area contributed by atoms with E-state index in [4.69, 9.17) is 9.16 Å². The van der Waals surface area contributed by atoms with Crippen LogP contribution in [0.2, 0.25) is 18.1 Å². The minimum atomic E-state index is -1.87. The molecule has 0 unspecified atom stereocenters. The molecule has 6 nitrogen and oxygen atoms in total. The highest BCUT2D eigenvalue weighted by molar-refractivity contribution is 6.74. The molecule has 2 aromatic rings. The lowest BCUT2D eigenvalue weighted by Crippen LogP contribution is -2.45. The zero-order valence-electron chi connectivity index (χ0n) is 19.0. The fourth-order valence-electron chi connectivity index (χ4n) is 3.32. The third-order valence-corrected chi connectivity index (χ3v) is 10.6. The normalized spacial score (nSPS) is 15.0. The Labute approximate surface area is 171 Å². The zero-order valence-corrected chi connectivity index (χ0v) is 20.0. The van der Waals surface area contributed by atoms with Crippen LogP contribution in [0.3, 0.4) is 0 Å². The number of aromatic nitrogens is 4. The first kappa shape index (κ1) is 22.8. The van der Waals surface area contributed by atoms with E-state index in [1.54, 1.807) is 13.4 Å². The molecule has 158 valence electrons. The topological polar surface area (TPSA) is 62.1 Å². The van der Waals surface area contributed by atoms with E-state index in [9.17, 15) is 0 Å². The van der Waals surface area contributed by atoms with E-state index in [2.05, 4.69) is 67.2 Å². The summed E-state index contributed by atoms with van der Waals surface area (Å²) < 4.78 is 14.3. The molecule has 0 fully saturated rings. The van der Waals surface area contributed by atoms with Crippen molar-refractivity contribution in [2.45, 2.75) is 97.0 Å². The van der Waals surface area contributed by atoms with Crippen LogP contribution < -0.4 is 4.74 Å². The molecule has 7 heteroatoms. The van der Waals surface area contributed by atoms with Gasteiger partial charge in [-0.05, 0) is 31.5 Å². The standard InChI is InChI=1S/C21H38N4O2Si/c1-9-10-11-12-13-17(16(2)27-28(7,8)21(3,4)5)25-15-24-18-19(25)22-14-23-20(18)26-6/h14-17H,9-13H2,1-8H3/t16-,17+/m0/s1. The van der Waals surface area contributed by atoms with Crippen LogP contribution in [0, 0.1) is 0 Å². The third-order valence-electron chi connectivity index (χ3n) is 6.06. The van der Waals surface area contributed by atoms with Crippen LogP contribution in [0.1, 0.15) is 72.8 Å². The minimum absolute atomic E-state index is 0.0841. The Morgan fingerprint density at radius 3 is 2.43 bits per heavy atom. The number of hydrogen-bond donors (Lipinski definition) is 0. The summed E-state index contributed by atoms with van der Waals surface area (Å²) in [5.74, 6) is 0.520. The maximum atomic E-state index is 6.77. The first-order chi connectivity index (χ1) is 13.1. The molecule has 28 heavy (non-hydrogen) atoms. The first-order valence-electron chi connectivity index (χ1n) is 10.5. The van der Waals surface area contributed by atoms with E-state index in [0.29, 0.717) is 11.4 Å². The van der Waals surface area contributed by atoms with Gasteiger partial charge in [0.15, 0.2) is 19.5 Å². The van der Waals surface area contributed by atoms with Gasteiger partial charge in [0.2, 0.25) is 5.88 Å². The van der Waals surface area contributed by atoms with E-state index >= 15 is 0 Å². The molecule has 0 amide bonds. The Balaban J connectivity index is 2.34. The summed E-state index contributed by atoms with van der Waals surface area (Å²) >= 11 is 0. The van der Waals surface area contributed by atoms with E-state index < -0.39 is 8.32 Å². The lowest BCUT2D eigenvalue weighted by molar-refractivity contribution is 0.132. The van der Waals surface area contributed by atoms with Crippen molar-refractivity contribution in [2.75, 3.05) is 7.11 Å². The molecule has 0 aliphatic rings. The Hall–Kier alpha value is -1.47. The van der Waals surface area contributed by atoms with Gasteiger partial charge in [-0.15, -0.1) is 0 Å². The molecule has 2 rings (SSSR count). The molecule has 0 saturated heterocycles. The third kappa shape index (κ3) is 5.11. The van der Waals surface area contributed by atoms with Gasteiger partial charge in [-0.25, -0.2) is 9.97 Å². The van der Waals surface area contributed by atoms with Crippen molar-refractivity contribution in [3.8, 4) is 5.88 Å². The zero-order chi connectivity index (χ0) is 20.9. The number of hydrogen-bond acceptors (Lipinski definition) is 5. The first-order valence-corrected chi connectivity index (χ1v) is 13.4. The number of ether oxygens (including phenoxy) is 1. The predicted molar refractivity (Wildman–Crippen MR) is 117 cm³/mol. The molecule has 0 saturated carbocycles. The average molecular weight is 407 g/mol. The summed E-state index contributed by atoms with van der Waals surface area (Å²) in [7, 11) is -0.257. The summed E-state index contributed by atoms with van der Waals surface area (Å²) in [4.78, 5) is 13.2. The second kappa shape index (κ2) is 9.35. The molecule has 0 spiro atoms. The number of fused-ring (bicyclic) bond motifs is 1. The Morgan fingerprint density at radius 1 is 1.11 bits per heavy atom. The maximum absolute atomic E-state index is 6.77. The van der Waals surface area contributed by atoms with Crippen LogP contribution >= 0.6 is 0 Å². The number of rotatable bonds is 10. The smallest absolute Gasteiger partial charge is 0.245 e. The molecule has 0 aromatic carbocycles. The maximum Gasteiger partial charge on any atom is 0.245 e. The van der Waals surface area contributed by atoms with Crippen LogP contribution in [0.15, 0.2) is 12.7 Å². The fraction of sp³-hybridized carbons (Fsp3) is 0.762. The lowest BCUT2D eigenvalue weighted by Gasteiger charge is -2.40. The number of methoxy groups -OCH3 is 1. The van der Waals surface area contributed by atoms with Crippen molar-refractivity contribution < 1.29 is 9.16 Å². The largest absolute Gasteiger partial charge is 0.479 e. The number of nitrogens with zero attached hydrogens (tertiary/aromatic N) is 4. The van der Waals surface area contributed by atoms with E-state index in [1.165, 1.54) is 25.7 Å². The molecule has 0 N–H and O–H groups in total. The Morgan fingerprint density at radius 2 is 1.82 bits per heavy atom. The number of unbranched alkanes of at least 4 members (excludes halogenated alkanes) is 3. The van der Waals surface area contributed by atoms with Gasteiger partial charge in [0.1, 0.15) is 6.33 Å². The molecular weight excluding hydrogens is 368 g/mol. The van der Waals surface area contributed by atoms with Gasteiger partial charge in [-0.3, -0.25) is 0 Å². The molecule has 2 aromatic heterocycles. The lowest BCUT2D eigenvalue weighted by atomic mass is 10.0. The molecule has 2 heterocycles. The monoisotopic (exact) mass is 406 g/mol. The van der Waals surface area contributed by atoms with Crippen LogP contribution in [-0.2, 0) is 4.43 Å². The molecule has 0 aliphatic heterocycles. The van der Waals surface area contributed by atoms with Crippen molar-refractivity contribution in [3.63, 3.8) is 0 Å². The summed E-state index contributed by atoms with van der Waals surface area (Å²) in [6, 6.07) is 0.190. The highest BCUT2D eigenvalue weighted by Gasteiger charge is 2.40. The van der Waals surface area contributed by atoms with Crippen LogP contribution in [0.5, 0.6) is 5.88 Å². The molecule has 0 bridgehead atoms. The number of imidazole rings is 1. The highest BCUT2D eigenvalue weighted by atomic mass is 28.4. The van der Waals surface area contributed by atoms with Gasteiger partial charge < -0.3 is 13.7 Å². The Bertz CT molecular complexity index is 754. The summed E-state index contributed by atoms with van der Waals surface area (Å²) in [6.45, 7) is 15.9. The molecular formula is C21H38N4O2Si. The minimum Gasteiger partial charge on any atom is -0.479 e. The second-order valence-electron chi connectivity index (χ2n) is 9.21.